The Morgan fingerprint density at radius 3 is 2.89 bits per heavy atom. The van der Waals surface area contributed by atoms with E-state index in [9.17, 15) is 0 Å². The lowest BCUT2D eigenvalue weighted by Gasteiger charge is -2.07. The molecule has 0 saturated carbocycles. The summed E-state index contributed by atoms with van der Waals surface area (Å²) in [5.41, 5.74) is 1.97. The van der Waals surface area contributed by atoms with E-state index in [0.29, 0.717) is 5.89 Å². The maximum atomic E-state index is 5.81. The molecule has 0 radical (unpaired) electrons. The van der Waals surface area contributed by atoms with Crippen LogP contribution in [-0.2, 0) is 6.54 Å². The van der Waals surface area contributed by atoms with Gasteiger partial charge < -0.3 is 9.73 Å². The number of aromatic nitrogens is 3. The highest BCUT2D eigenvalue weighted by atomic mass is 16.4. The lowest BCUT2D eigenvalue weighted by atomic mass is 10.3. The molecule has 2 rings (SSSR count). The Bertz CT molecular complexity index is 515. The zero-order valence-electron chi connectivity index (χ0n) is 11.4. The van der Waals surface area contributed by atoms with E-state index in [1.54, 1.807) is 6.20 Å². The molecular weight excluding hydrogens is 228 g/mol. The molecule has 1 atom stereocenters. The Labute approximate surface area is 107 Å². The quantitative estimate of drug-likeness (QED) is 0.883. The highest BCUT2D eigenvalue weighted by Crippen LogP contribution is 2.23. The van der Waals surface area contributed by atoms with Crippen LogP contribution >= 0.6 is 0 Å². The normalized spacial score (nSPS) is 12.9. The van der Waals surface area contributed by atoms with E-state index in [-0.39, 0.29) is 6.04 Å². The summed E-state index contributed by atoms with van der Waals surface area (Å²) < 4.78 is 7.73. The Morgan fingerprint density at radius 1 is 1.44 bits per heavy atom. The van der Waals surface area contributed by atoms with Crippen molar-refractivity contribution in [3.63, 3.8) is 0 Å². The van der Waals surface area contributed by atoms with Crippen LogP contribution in [-0.4, -0.2) is 21.3 Å². The molecule has 0 aliphatic carbocycles. The van der Waals surface area contributed by atoms with Crippen LogP contribution in [0.2, 0.25) is 0 Å². The van der Waals surface area contributed by atoms with E-state index < -0.39 is 0 Å². The van der Waals surface area contributed by atoms with Crippen LogP contribution in [0.15, 0.2) is 16.7 Å². The Kier molecular flexibility index (Phi) is 3.81. The number of hydrogen-bond donors (Lipinski definition) is 1. The number of hydrogen-bond acceptors (Lipinski definition) is 4. The second-order valence-electron chi connectivity index (χ2n) is 4.33. The summed E-state index contributed by atoms with van der Waals surface area (Å²) in [6, 6.07) is 2.15. The Balaban J connectivity index is 2.28. The van der Waals surface area contributed by atoms with Crippen molar-refractivity contribution < 1.29 is 4.42 Å². The topological polar surface area (TPSA) is 55.9 Å². The van der Waals surface area contributed by atoms with Crippen molar-refractivity contribution in [2.24, 2.45) is 0 Å². The molecule has 0 amide bonds. The molecule has 98 valence electrons. The van der Waals surface area contributed by atoms with Crippen LogP contribution in [0.3, 0.4) is 0 Å². The lowest BCUT2D eigenvalue weighted by molar-refractivity contribution is 0.426. The SMILES string of the molecule is CCNC(C)c1ncc(-c2cc(C)nn2CC)o1. The summed E-state index contributed by atoms with van der Waals surface area (Å²) in [6.45, 7) is 9.87. The summed E-state index contributed by atoms with van der Waals surface area (Å²) >= 11 is 0. The molecule has 0 saturated heterocycles. The van der Waals surface area contributed by atoms with Gasteiger partial charge in [0.2, 0.25) is 5.89 Å². The van der Waals surface area contributed by atoms with E-state index in [2.05, 4.69) is 29.2 Å². The Hall–Kier alpha value is -1.62. The van der Waals surface area contributed by atoms with Gasteiger partial charge in [-0.1, -0.05) is 6.92 Å². The van der Waals surface area contributed by atoms with Gasteiger partial charge in [-0.15, -0.1) is 0 Å². The van der Waals surface area contributed by atoms with Crippen molar-refractivity contribution in [1.29, 1.82) is 0 Å². The van der Waals surface area contributed by atoms with Crippen LogP contribution < -0.4 is 5.32 Å². The highest BCUT2D eigenvalue weighted by Gasteiger charge is 2.15. The maximum Gasteiger partial charge on any atom is 0.211 e. The van der Waals surface area contributed by atoms with Crippen LogP contribution in [0.25, 0.3) is 11.5 Å². The van der Waals surface area contributed by atoms with Crippen molar-refractivity contribution in [2.75, 3.05) is 6.54 Å². The van der Waals surface area contributed by atoms with E-state index in [1.807, 2.05) is 24.6 Å². The number of nitrogens with one attached hydrogen (secondary N) is 1. The van der Waals surface area contributed by atoms with Gasteiger partial charge in [-0.3, -0.25) is 4.68 Å². The highest BCUT2D eigenvalue weighted by molar-refractivity contribution is 5.52. The van der Waals surface area contributed by atoms with Crippen LogP contribution in [0.4, 0.5) is 0 Å². The summed E-state index contributed by atoms with van der Waals surface area (Å²) in [6.07, 6.45) is 1.77. The first kappa shape index (κ1) is 12.8. The molecule has 0 aliphatic rings. The minimum absolute atomic E-state index is 0.128. The van der Waals surface area contributed by atoms with Gasteiger partial charge in [0.05, 0.1) is 17.9 Å². The summed E-state index contributed by atoms with van der Waals surface area (Å²) in [4.78, 5) is 4.33. The maximum absolute atomic E-state index is 5.81. The number of nitrogens with zero attached hydrogens (tertiary/aromatic N) is 3. The average molecular weight is 248 g/mol. The molecule has 2 aromatic heterocycles. The van der Waals surface area contributed by atoms with Crippen molar-refractivity contribution in [3.05, 3.63) is 23.8 Å². The predicted octanol–water partition coefficient (Wildman–Crippen LogP) is 2.54. The molecule has 2 aromatic rings. The number of aryl methyl sites for hydroxylation is 2. The minimum Gasteiger partial charge on any atom is -0.437 e. The second kappa shape index (κ2) is 5.35. The van der Waals surface area contributed by atoms with E-state index in [4.69, 9.17) is 4.42 Å². The molecule has 1 unspecified atom stereocenters. The molecule has 1 N–H and O–H groups in total. The molecule has 0 aliphatic heterocycles. The van der Waals surface area contributed by atoms with Gasteiger partial charge in [0.25, 0.3) is 0 Å². The minimum atomic E-state index is 0.128. The van der Waals surface area contributed by atoms with E-state index in [1.165, 1.54) is 0 Å². The lowest BCUT2D eigenvalue weighted by Crippen LogP contribution is -2.17. The van der Waals surface area contributed by atoms with Gasteiger partial charge in [0, 0.05) is 6.54 Å². The zero-order valence-corrected chi connectivity index (χ0v) is 11.4. The van der Waals surface area contributed by atoms with E-state index in [0.717, 1.165) is 30.2 Å². The molecule has 2 heterocycles. The molecule has 5 nitrogen and oxygen atoms in total. The van der Waals surface area contributed by atoms with E-state index >= 15 is 0 Å². The number of rotatable bonds is 5. The van der Waals surface area contributed by atoms with Crippen molar-refractivity contribution in [3.8, 4) is 11.5 Å². The number of oxazole rings is 1. The van der Waals surface area contributed by atoms with Crippen molar-refractivity contribution in [1.82, 2.24) is 20.1 Å². The molecule has 0 aromatic carbocycles. The monoisotopic (exact) mass is 248 g/mol. The third kappa shape index (κ3) is 2.46. The van der Waals surface area contributed by atoms with Crippen LogP contribution in [0.5, 0.6) is 0 Å². The van der Waals surface area contributed by atoms with Crippen LogP contribution in [0.1, 0.15) is 38.4 Å². The Morgan fingerprint density at radius 2 is 2.22 bits per heavy atom. The molecule has 0 spiro atoms. The summed E-state index contributed by atoms with van der Waals surface area (Å²) in [7, 11) is 0. The summed E-state index contributed by atoms with van der Waals surface area (Å²) in [5.74, 6) is 1.49. The largest absolute Gasteiger partial charge is 0.437 e. The van der Waals surface area contributed by atoms with Gasteiger partial charge in [-0.2, -0.15) is 5.10 Å². The van der Waals surface area contributed by atoms with Crippen LogP contribution in [0, 0.1) is 6.92 Å². The fourth-order valence-electron chi connectivity index (χ4n) is 1.98. The van der Waals surface area contributed by atoms with Gasteiger partial charge in [-0.25, -0.2) is 4.98 Å². The first-order valence-electron chi connectivity index (χ1n) is 6.39. The fourth-order valence-corrected chi connectivity index (χ4v) is 1.98. The van der Waals surface area contributed by atoms with Gasteiger partial charge in [-0.05, 0) is 33.4 Å². The third-order valence-electron chi connectivity index (χ3n) is 2.86. The zero-order chi connectivity index (χ0) is 13.1. The van der Waals surface area contributed by atoms with Crippen molar-refractivity contribution >= 4 is 0 Å². The first-order valence-corrected chi connectivity index (χ1v) is 6.39. The predicted molar refractivity (Wildman–Crippen MR) is 70.2 cm³/mol. The fraction of sp³-hybridized carbons (Fsp3) is 0.538. The molecule has 0 fully saturated rings. The average Bonchev–Trinajstić information content (AvgIpc) is 2.95. The smallest absolute Gasteiger partial charge is 0.211 e. The first-order chi connectivity index (χ1) is 8.65. The molecular formula is C13H20N4O. The van der Waals surface area contributed by atoms with Crippen molar-refractivity contribution in [2.45, 2.75) is 40.3 Å². The van der Waals surface area contributed by atoms with Gasteiger partial charge in [0.15, 0.2) is 5.76 Å². The molecule has 5 heteroatoms. The molecule has 0 bridgehead atoms. The standard InChI is InChI=1S/C13H20N4O/c1-5-14-10(4)13-15-8-12(18-13)11-7-9(3)16-17(11)6-2/h7-8,10,14H,5-6H2,1-4H3. The van der Waals surface area contributed by atoms with Gasteiger partial charge >= 0.3 is 0 Å². The third-order valence-corrected chi connectivity index (χ3v) is 2.86. The van der Waals surface area contributed by atoms with Gasteiger partial charge in [0.1, 0.15) is 5.69 Å². The molecule has 18 heavy (non-hydrogen) atoms. The second-order valence-corrected chi connectivity index (χ2v) is 4.33. The summed E-state index contributed by atoms with van der Waals surface area (Å²) in [5, 5.41) is 7.69.